The predicted molar refractivity (Wildman–Crippen MR) is 72.1 cm³/mol. The number of β-amino-alcohol motifs (C(OH)–C–C–N with tert-alkyl or cyclic N) is 2. The molecule has 0 radical (unpaired) electrons. The van der Waals surface area contributed by atoms with Crippen LogP contribution < -0.4 is 5.32 Å². The molecular formula is C14H18N2O4. The number of hydrogen-bond acceptors (Lipinski definition) is 4. The highest BCUT2D eigenvalue weighted by atomic mass is 16.3. The Labute approximate surface area is 117 Å². The number of rotatable bonds is 3. The molecule has 2 atom stereocenters. The lowest BCUT2D eigenvalue weighted by Crippen LogP contribution is -2.39. The van der Waals surface area contributed by atoms with Gasteiger partial charge in [0.1, 0.15) is 0 Å². The van der Waals surface area contributed by atoms with Crippen LogP contribution in [0.5, 0.6) is 0 Å². The first-order valence-corrected chi connectivity index (χ1v) is 6.46. The first kappa shape index (κ1) is 14.5. The molecule has 20 heavy (non-hydrogen) atoms. The summed E-state index contributed by atoms with van der Waals surface area (Å²) in [4.78, 5) is 25.0. The number of carbonyl (C=O) groups is 2. The second-order valence-electron chi connectivity index (χ2n) is 4.99. The van der Waals surface area contributed by atoms with E-state index in [0.717, 1.165) is 5.56 Å². The minimum absolute atomic E-state index is 0.0975. The van der Waals surface area contributed by atoms with Crippen molar-refractivity contribution in [2.75, 3.05) is 19.6 Å². The zero-order valence-electron chi connectivity index (χ0n) is 11.2. The topological polar surface area (TPSA) is 89.9 Å². The summed E-state index contributed by atoms with van der Waals surface area (Å²) in [6, 6.07) is 7.08. The molecule has 0 saturated carbocycles. The van der Waals surface area contributed by atoms with Gasteiger partial charge in [-0.2, -0.15) is 0 Å². The lowest BCUT2D eigenvalue weighted by Gasteiger charge is -2.15. The summed E-state index contributed by atoms with van der Waals surface area (Å²) in [7, 11) is 0. The standard InChI is InChI=1S/C14H18N2O4/c1-9-3-2-4-10(5-9)14(20)15-6-13(19)16-7-11(17)12(18)8-16/h2-5,11-12,17-18H,6-8H2,1H3,(H,15,20)/t11-,12+. The van der Waals surface area contributed by atoms with Crippen LogP contribution in [0.15, 0.2) is 24.3 Å². The van der Waals surface area contributed by atoms with E-state index in [2.05, 4.69) is 5.32 Å². The molecule has 108 valence electrons. The Balaban J connectivity index is 1.86. The van der Waals surface area contributed by atoms with Gasteiger partial charge in [0.05, 0.1) is 18.8 Å². The number of aryl methyl sites for hydroxylation is 1. The molecule has 3 N–H and O–H groups in total. The van der Waals surface area contributed by atoms with Crippen LogP contribution in [-0.2, 0) is 4.79 Å². The Kier molecular flexibility index (Phi) is 4.36. The second-order valence-corrected chi connectivity index (χ2v) is 4.99. The number of nitrogens with zero attached hydrogens (tertiary/aromatic N) is 1. The molecule has 6 heteroatoms. The summed E-state index contributed by atoms with van der Waals surface area (Å²) in [6.07, 6.45) is -1.82. The zero-order valence-corrected chi connectivity index (χ0v) is 11.2. The summed E-state index contributed by atoms with van der Waals surface area (Å²) in [5, 5.41) is 21.3. The highest BCUT2D eigenvalue weighted by Crippen LogP contribution is 2.09. The first-order valence-electron chi connectivity index (χ1n) is 6.46. The van der Waals surface area contributed by atoms with E-state index in [1.807, 2.05) is 13.0 Å². The molecule has 2 amide bonds. The summed E-state index contributed by atoms with van der Waals surface area (Å²) >= 11 is 0. The number of amides is 2. The van der Waals surface area contributed by atoms with Gasteiger partial charge in [-0.25, -0.2) is 0 Å². The second kappa shape index (κ2) is 6.02. The van der Waals surface area contributed by atoms with E-state index in [9.17, 15) is 19.8 Å². The molecular weight excluding hydrogens is 260 g/mol. The Bertz CT molecular complexity index is 508. The molecule has 0 spiro atoms. The van der Waals surface area contributed by atoms with Crippen molar-refractivity contribution >= 4 is 11.8 Å². The Morgan fingerprint density at radius 3 is 2.55 bits per heavy atom. The van der Waals surface area contributed by atoms with Gasteiger partial charge in [0, 0.05) is 18.7 Å². The fraction of sp³-hybridized carbons (Fsp3) is 0.429. The van der Waals surface area contributed by atoms with Crippen molar-refractivity contribution in [2.45, 2.75) is 19.1 Å². The maximum Gasteiger partial charge on any atom is 0.251 e. The molecule has 1 saturated heterocycles. The summed E-state index contributed by atoms with van der Waals surface area (Å²) in [6.45, 7) is 1.93. The van der Waals surface area contributed by atoms with Gasteiger partial charge in [0.2, 0.25) is 5.91 Å². The minimum atomic E-state index is -0.911. The lowest BCUT2D eigenvalue weighted by atomic mass is 10.1. The van der Waals surface area contributed by atoms with E-state index >= 15 is 0 Å². The Morgan fingerprint density at radius 2 is 1.95 bits per heavy atom. The van der Waals surface area contributed by atoms with E-state index in [1.54, 1.807) is 18.2 Å². The van der Waals surface area contributed by atoms with Crippen LogP contribution in [0, 0.1) is 6.92 Å². The summed E-state index contributed by atoms with van der Waals surface area (Å²) in [5.41, 5.74) is 1.47. The minimum Gasteiger partial charge on any atom is -0.388 e. The van der Waals surface area contributed by atoms with E-state index in [1.165, 1.54) is 4.90 Å². The van der Waals surface area contributed by atoms with Crippen LogP contribution in [0.1, 0.15) is 15.9 Å². The van der Waals surface area contributed by atoms with Gasteiger partial charge >= 0.3 is 0 Å². The Morgan fingerprint density at radius 1 is 1.30 bits per heavy atom. The van der Waals surface area contributed by atoms with Gasteiger partial charge in [-0.1, -0.05) is 17.7 Å². The normalized spacial score (nSPS) is 21.9. The highest BCUT2D eigenvalue weighted by molar-refractivity contribution is 5.96. The molecule has 0 unspecified atom stereocenters. The molecule has 0 bridgehead atoms. The fourth-order valence-corrected chi connectivity index (χ4v) is 2.13. The molecule has 2 rings (SSSR count). The maximum atomic E-state index is 11.9. The third kappa shape index (κ3) is 3.34. The average Bonchev–Trinajstić information content (AvgIpc) is 2.76. The van der Waals surface area contributed by atoms with Crippen LogP contribution in [0.25, 0.3) is 0 Å². The number of likely N-dealkylation sites (tertiary alicyclic amines) is 1. The third-order valence-electron chi connectivity index (χ3n) is 3.29. The molecule has 1 aliphatic heterocycles. The zero-order chi connectivity index (χ0) is 14.7. The number of benzene rings is 1. The first-order chi connectivity index (χ1) is 9.47. The number of carbonyl (C=O) groups excluding carboxylic acids is 2. The monoisotopic (exact) mass is 278 g/mol. The summed E-state index contributed by atoms with van der Waals surface area (Å²) < 4.78 is 0. The molecule has 0 aromatic heterocycles. The van der Waals surface area contributed by atoms with E-state index in [0.29, 0.717) is 5.56 Å². The maximum absolute atomic E-state index is 11.9. The molecule has 6 nitrogen and oxygen atoms in total. The van der Waals surface area contributed by atoms with Crippen molar-refractivity contribution in [3.05, 3.63) is 35.4 Å². The molecule has 1 heterocycles. The van der Waals surface area contributed by atoms with E-state index < -0.39 is 12.2 Å². The van der Waals surface area contributed by atoms with Gasteiger partial charge in [0.25, 0.3) is 5.91 Å². The number of aliphatic hydroxyl groups is 2. The van der Waals surface area contributed by atoms with Gasteiger partial charge in [-0.15, -0.1) is 0 Å². The van der Waals surface area contributed by atoms with Crippen LogP contribution >= 0.6 is 0 Å². The van der Waals surface area contributed by atoms with Crippen molar-refractivity contribution in [3.8, 4) is 0 Å². The van der Waals surface area contributed by atoms with Crippen LogP contribution in [0.4, 0.5) is 0 Å². The van der Waals surface area contributed by atoms with Crippen molar-refractivity contribution < 1.29 is 19.8 Å². The van der Waals surface area contributed by atoms with Crippen LogP contribution in [0.2, 0.25) is 0 Å². The number of nitrogens with one attached hydrogen (secondary N) is 1. The van der Waals surface area contributed by atoms with Gasteiger partial charge < -0.3 is 20.4 Å². The molecule has 0 aliphatic carbocycles. The van der Waals surface area contributed by atoms with Gasteiger partial charge in [-0.05, 0) is 19.1 Å². The smallest absolute Gasteiger partial charge is 0.251 e. The van der Waals surface area contributed by atoms with Crippen molar-refractivity contribution in [1.82, 2.24) is 10.2 Å². The van der Waals surface area contributed by atoms with Crippen molar-refractivity contribution in [1.29, 1.82) is 0 Å². The van der Waals surface area contributed by atoms with Gasteiger partial charge in [0.15, 0.2) is 0 Å². The molecule has 1 aromatic carbocycles. The SMILES string of the molecule is Cc1cccc(C(=O)NCC(=O)N2C[C@@H](O)[C@@H](O)C2)c1. The number of hydrogen-bond donors (Lipinski definition) is 3. The number of aliphatic hydroxyl groups excluding tert-OH is 2. The van der Waals surface area contributed by atoms with Crippen LogP contribution in [-0.4, -0.2) is 58.8 Å². The summed E-state index contributed by atoms with van der Waals surface area (Å²) in [5.74, 6) is -0.635. The van der Waals surface area contributed by atoms with E-state index in [-0.39, 0.29) is 31.4 Å². The van der Waals surface area contributed by atoms with Crippen LogP contribution in [0.3, 0.4) is 0 Å². The van der Waals surface area contributed by atoms with Crippen molar-refractivity contribution in [2.24, 2.45) is 0 Å². The third-order valence-corrected chi connectivity index (χ3v) is 3.29. The fourth-order valence-electron chi connectivity index (χ4n) is 2.13. The van der Waals surface area contributed by atoms with E-state index in [4.69, 9.17) is 0 Å². The van der Waals surface area contributed by atoms with Crippen molar-refractivity contribution in [3.63, 3.8) is 0 Å². The predicted octanol–water partition coefficient (Wildman–Crippen LogP) is -0.711. The van der Waals surface area contributed by atoms with Gasteiger partial charge in [-0.3, -0.25) is 9.59 Å². The quantitative estimate of drug-likeness (QED) is 0.681. The largest absolute Gasteiger partial charge is 0.388 e. The Hall–Kier alpha value is -1.92. The highest BCUT2D eigenvalue weighted by Gasteiger charge is 2.32. The lowest BCUT2D eigenvalue weighted by molar-refractivity contribution is -0.129. The molecule has 1 aromatic rings. The molecule has 1 aliphatic rings. The molecule has 1 fully saturated rings. The average molecular weight is 278 g/mol.